The van der Waals surface area contributed by atoms with Crippen molar-refractivity contribution in [3.05, 3.63) is 89.5 Å². The molecule has 1 atom stereocenters. The lowest BCUT2D eigenvalue weighted by Gasteiger charge is -2.18. The van der Waals surface area contributed by atoms with E-state index in [1.807, 2.05) is 36.0 Å². The molecule has 0 aliphatic heterocycles. The van der Waals surface area contributed by atoms with Crippen LogP contribution in [0.3, 0.4) is 0 Å². The first kappa shape index (κ1) is 14.5. The van der Waals surface area contributed by atoms with Crippen LogP contribution in [0.4, 0.5) is 0 Å². The third kappa shape index (κ3) is 3.26. The van der Waals surface area contributed by atoms with Crippen LogP contribution in [0.15, 0.2) is 67.0 Å². The molecular formula is C19H20N2O. The van der Waals surface area contributed by atoms with Gasteiger partial charge >= 0.3 is 0 Å². The van der Waals surface area contributed by atoms with Crippen molar-refractivity contribution in [1.29, 1.82) is 0 Å². The molecule has 1 aromatic heterocycles. The van der Waals surface area contributed by atoms with Crippen molar-refractivity contribution in [3.8, 4) is 0 Å². The molecule has 0 saturated heterocycles. The maximum atomic E-state index is 6.20. The molecule has 0 bridgehead atoms. The molecule has 0 amide bonds. The van der Waals surface area contributed by atoms with Crippen LogP contribution in [-0.2, 0) is 18.4 Å². The van der Waals surface area contributed by atoms with E-state index in [0.29, 0.717) is 6.61 Å². The maximum Gasteiger partial charge on any atom is 0.142 e. The van der Waals surface area contributed by atoms with Crippen molar-refractivity contribution in [2.45, 2.75) is 19.6 Å². The Labute approximate surface area is 131 Å². The van der Waals surface area contributed by atoms with Gasteiger partial charge in [0.15, 0.2) is 0 Å². The molecule has 22 heavy (non-hydrogen) atoms. The van der Waals surface area contributed by atoms with Gasteiger partial charge in [-0.2, -0.15) is 0 Å². The Balaban J connectivity index is 1.83. The number of aryl methyl sites for hydroxylation is 2. The Morgan fingerprint density at radius 1 is 1.05 bits per heavy atom. The lowest BCUT2D eigenvalue weighted by Crippen LogP contribution is -2.11. The van der Waals surface area contributed by atoms with Crippen molar-refractivity contribution >= 4 is 0 Å². The average molecular weight is 292 g/mol. The number of ether oxygens (including phenoxy) is 1. The zero-order valence-corrected chi connectivity index (χ0v) is 12.9. The number of benzene rings is 2. The molecule has 1 heterocycles. The fraction of sp³-hybridized carbons (Fsp3) is 0.211. The zero-order valence-electron chi connectivity index (χ0n) is 12.9. The van der Waals surface area contributed by atoms with Crippen molar-refractivity contribution in [3.63, 3.8) is 0 Å². The molecule has 0 aliphatic carbocycles. The predicted octanol–water partition coefficient (Wildman–Crippen LogP) is 4.03. The van der Waals surface area contributed by atoms with Gasteiger partial charge in [-0.15, -0.1) is 0 Å². The first-order chi connectivity index (χ1) is 10.7. The quantitative estimate of drug-likeness (QED) is 0.710. The normalized spacial score (nSPS) is 12.3. The summed E-state index contributed by atoms with van der Waals surface area (Å²) in [5.74, 6) is 0.915. The number of hydrogen-bond acceptors (Lipinski definition) is 2. The minimum atomic E-state index is -0.164. The van der Waals surface area contributed by atoms with Crippen molar-refractivity contribution in [2.75, 3.05) is 0 Å². The molecule has 3 nitrogen and oxygen atoms in total. The van der Waals surface area contributed by atoms with Crippen molar-refractivity contribution in [1.82, 2.24) is 9.55 Å². The van der Waals surface area contributed by atoms with Crippen LogP contribution >= 0.6 is 0 Å². The van der Waals surface area contributed by atoms with Gasteiger partial charge in [0.25, 0.3) is 0 Å². The van der Waals surface area contributed by atoms with Crippen molar-refractivity contribution < 1.29 is 4.74 Å². The van der Waals surface area contributed by atoms with Gasteiger partial charge in [0, 0.05) is 19.4 Å². The van der Waals surface area contributed by atoms with Gasteiger partial charge in [0.05, 0.1) is 6.61 Å². The summed E-state index contributed by atoms with van der Waals surface area (Å²) in [7, 11) is 1.99. The number of hydrogen-bond donors (Lipinski definition) is 0. The van der Waals surface area contributed by atoms with E-state index in [1.165, 1.54) is 11.1 Å². The van der Waals surface area contributed by atoms with Gasteiger partial charge < -0.3 is 9.30 Å². The minimum Gasteiger partial charge on any atom is -0.361 e. The monoisotopic (exact) mass is 292 g/mol. The summed E-state index contributed by atoms with van der Waals surface area (Å²) in [6, 6.07) is 18.7. The van der Waals surface area contributed by atoms with Gasteiger partial charge in [0.2, 0.25) is 0 Å². The lowest BCUT2D eigenvalue weighted by molar-refractivity contribution is 0.0593. The van der Waals surface area contributed by atoms with E-state index in [1.54, 1.807) is 6.20 Å². The van der Waals surface area contributed by atoms with E-state index in [2.05, 4.69) is 48.3 Å². The van der Waals surface area contributed by atoms with E-state index in [-0.39, 0.29) is 6.10 Å². The SMILES string of the molecule is Cc1ccc(COC(c2ccccc2)c2nccn2C)cc1. The fourth-order valence-corrected chi connectivity index (χ4v) is 2.44. The molecule has 2 aromatic carbocycles. The highest BCUT2D eigenvalue weighted by Crippen LogP contribution is 2.25. The van der Waals surface area contributed by atoms with Crippen LogP contribution in [0, 0.1) is 6.92 Å². The predicted molar refractivity (Wildman–Crippen MR) is 87.5 cm³/mol. The fourth-order valence-electron chi connectivity index (χ4n) is 2.44. The Morgan fingerprint density at radius 3 is 2.41 bits per heavy atom. The van der Waals surface area contributed by atoms with Crippen LogP contribution in [-0.4, -0.2) is 9.55 Å². The summed E-state index contributed by atoms with van der Waals surface area (Å²) < 4.78 is 8.20. The van der Waals surface area contributed by atoms with E-state index in [4.69, 9.17) is 4.74 Å². The standard InChI is InChI=1S/C19H20N2O/c1-15-8-10-16(11-9-15)14-22-18(17-6-4-3-5-7-17)19-20-12-13-21(19)2/h3-13,18H,14H2,1-2H3. The molecule has 0 saturated carbocycles. The molecular weight excluding hydrogens is 272 g/mol. The number of rotatable bonds is 5. The van der Waals surface area contributed by atoms with Gasteiger partial charge in [-0.1, -0.05) is 60.2 Å². The Morgan fingerprint density at radius 2 is 1.77 bits per heavy atom. The molecule has 0 fully saturated rings. The minimum absolute atomic E-state index is 0.164. The van der Waals surface area contributed by atoms with Gasteiger partial charge in [-0.05, 0) is 18.1 Å². The number of imidazole rings is 1. The van der Waals surface area contributed by atoms with E-state index >= 15 is 0 Å². The smallest absolute Gasteiger partial charge is 0.142 e. The molecule has 1 unspecified atom stereocenters. The second kappa shape index (κ2) is 6.58. The van der Waals surface area contributed by atoms with Crippen molar-refractivity contribution in [2.24, 2.45) is 7.05 Å². The first-order valence-electron chi connectivity index (χ1n) is 7.43. The first-order valence-corrected chi connectivity index (χ1v) is 7.43. The van der Waals surface area contributed by atoms with E-state index in [0.717, 1.165) is 11.4 Å². The van der Waals surface area contributed by atoms with Gasteiger partial charge in [0.1, 0.15) is 11.9 Å². The summed E-state index contributed by atoms with van der Waals surface area (Å²) in [6.07, 6.45) is 3.59. The summed E-state index contributed by atoms with van der Waals surface area (Å²) in [4.78, 5) is 4.46. The summed E-state index contributed by atoms with van der Waals surface area (Å²) in [5, 5.41) is 0. The van der Waals surface area contributed by atoms with Crippen LogP contribution in [0.2, 0.25) is 0 Å². The summed E-state index contributed by atoms with van der Waals surface area (Å²) >= 11 is 0. The molecule has 3 aromatic rings. The van der Waals surface area contributed by atoms with Crippen LogP contribution < -0.4 is 0 Å². The van der Waals surface area contributed by atoms with Crippen LogP contribution in [0.5, 0.6) is 0 Å². The van der Waals surface area contributed by atoms with E-state index < -0.39 is 0 Å². The highest BCUT2D eigenvalue weighted by molar-refractivity contribution is 5.24. The maximum absolute atomic E-state index is 6.20. The molecule has 0 aliphatic rings. The summed E-state index contributed by atoms with van der Waals surface area (Å²) in [5.41, 5.74) is 3.54. The third-order valence-corrected chi connectivity index (χ3v) is 3.73. The second-order valence-electron chi connectivity index (χ2n) is 5.48. The Kier molecular flexibility index (Phi) is 4.35. The Bertz CT molecular complexity index is 717. The van der Waals surface area contributed by atoms with Gasteiger partial charge in [-0.25, -0.2) is 4.98 Å². The summed E-state index contributed by atoms with van der Waals surface area (Å²) in [6.45, 7) is 2.65. The van der Waals surface area contributed by atoms with Crippen LogP contribution in [0.1, 0.15) is 28.6 Å². The van der Waals surface area contributed by atoms with Crippen LogP contribution in [0.25, 0.3) is 0 Å². The highest BCUT2D eigenvalue weighted by Gasteiger charge is 2.18. The highest BCUT2D eigenvalue weighted by atomic mass is 16.5. The number of nitrogens with zero attached hydrogens (tertiary/aromatic N) is 2. The number of aromatic nitrogens is 2. The molecule has 0 spiro atoms. The Hall–Kier alpha value is -2.39. The second-order valence-corrected chi connectivity index (χ2v) is 5.48. The molecule has 0 radical (unpaired) electrons. The zero-order chi connectivity index (χ0) is 15.4. The third-order valence-electron chi connectivity index (χ3n) is 3.73. The topological polar surface area (TPSA) is 27.1 Å². The molecule has 112 valence electrons. The average Bonchev–Trinajstić information content (AvgIpc) is 2.97. The molecule has 3 rings (SSSR count). The lowest BCUT2D eigenvalue weighted by atomic mass is 10.1. The molecule has 3 heteroatoms. The largest absolute Gasteiger partial charge is 0.361 e. The molecule has 0 N–H and O–H groups in total. The van der Waals surface area contributed by atoms with Gasteiger partial charge in [-0.3, -0.25) is 0 Å². The van der Waals surface area contributed by atoms with E-state index in [9.17, 15) is 0 Å².